The molecule has 0 saturated carbocycles. The second kappa shape index (κ2) is 8.07. The Morgan fingerprint density at radius 1 is 0.640 bits per heavy atom. The van der Waals surface area contributed by atoms with Gasteiger partial charge in [0.1, 0.15) is 0 Å². The standard InChI is InChI=1S/C24H20O/c1-19-7-9-20(10-8-19)11-12-21-13-15-22(16-14-21)17-18-24(25)23-5-3-2-4-6-23/h2-18H,1H3/b12-11+,18-17+. The molecule has 0 saturated heterocycles. The van der Waals surface area contributed by atoms with E-state index in [0.717, 1.165) is 11.1 Å². The van der Waals surface area contributed by atoms with Gasteiger partial charge in [0.15, 0.2) is 5.78 Å². The quantitative estimate of drug-likeness (QED) is 0.317. The van der Waals surface area contributed by atoms with Crippen LogP contribution in [0.1, 0.15) is 32.6 Å². The van der Waals surface area contributed by atoms with E-state index in [1.54, 1.807) is 6.08 Å². The molecule has 1 nitrogen and oxygen atoms in total. The molecular formula is C24H20O. The van der Waals surface area contributed by atoms with E-state index >= 15 is 0 Å². The van der Waals surface area contributed by atoms with Crippen molar-refractivity contribution < 1.29 is 4.79 Å². The van der Waals surface area contributed by atoms with Crippen LogP contribution in [0.5, 0.6) is 0 Å². The summed E-state index contributed by atoms with van der Waals surface area (Å²) >= 11 is 0. The van der Waals surface area contributed by atoms with Crippen molar-refractivity contribution in [2.45, 2.75) is 6.92 Å². The van der Waals surface area contributed by atoms with Crippen molar-refractivity contribution in [1.82, 2.24) is 0 Å². The SMILES string of the molecule is Cc1ccc(/C=C/c2ccc(/C=C/C(=O)c3ccccc3)cc2)cc1. The smallest absolute Gasteiger partial charge is 0.185 e. The van der Waals surface area contributed by atoms with E-state index in [2.05, 4.69) is 55.5 Å². The molecule has 0 atom stereocenters. The highest BCUT2D eigenvalue weighted by Crippen LogP contribution is 2.12. The van der Waals surface area contributed by atoms with Crippen LogP contribution in [-0.2, 0) is 0 Å². The fraction of sp³-hybridized carbons (Fsp3) is 0.0417. The first-order valence-electron chi connectivity index (χ1n) is 8.33. The first-order valence-corrected chi connectivity index (χ1v) is 8.33. The van der Waals surface area contributed by atoms with Gasteiger partial charge in [0.25, 0.3) is 0 Å². The lowest BCUT2D eigenvalue weighted by Gasteiger charge is -1.98. The van der Waals surface area contributed by atoms with Gasteiger partial charge < -0.3 is 0 Å². The summed E-state index contributed by atoms with van der Waals surface area (Å²) in [5, 5.41) is 0. The van der Waals surface area contributed by atoms with Gasteiger partial charge in [0, 0.05) is 5.56 Å². The van der Waals surface area contributed by atoms with Crippen molar-refractivity contribution in [3.8, 4) is 0 Å². The lowest BCUT2D eigenvalue weighted by atomic mass is 10.1. The average molecular weight is 324 g/mol. The van der Waals surface area contributed by atoms with Crippen molar-refractivity contribution in [2.75, 3.05) is 0 Å². The van der Waals surface area contributed by atoms with Gasteiger partial charge >= 0.3 is 0 Å². The minimum atomic E-state index is 0.0175. The second-order valence-corrected chi connectivity index (χ2v) is 5.97. The monoisotopic (exact) mass is 324 g/mol. The maximum Gasteiger partial charge on any atom is 0.185 e. The lowest BCUT2D eigenvalue weighted by molar-refractivity contribution is 0.104. The van der Waals surface area contributed by atoms with Crippen LogP contribution in [0.15, 0.2) is 84.9 Å². The van der Waals surface area contributed by atoms with E-state index in [9.17, 15) is 4.79 Å². The molecule has 0 bridgehead atoms. The predicted octanol–water partition coefficient (Wildman–Crippen LogP) is 6.06. The molecule has 0 spiro atoms. The van der Waals surface area contributed by atoms with Gasteiger partial charge in [-0.3, -0.25) is 4.79 Å². The van der Waals surface area contributed by atoms with Gasteiger partial charge in [-0.05, 0) is 29.7 Å². The van der Waals surface area contributed by atoms with E-state index in [1.807, 2.05) is 48.5 Å². The van der Waals surface area contributed by atoms with Crippen LogP contribution in [0, 0.1) is 6.92 Å². The fourth-order valence-corrected chi connectivity index (χ4v) is 2.46. The number of rotatable bonds is 5. The zero-order valence-electron chi connectivity index (χ0n) is 14.2. The summed E-state index contributed by atoms with van der Waals surface area (Å²) in [6.07, 6.45) is 7.66. The summed E-state index contributed by atoms with van der Waals surface area (Å²) in [5.41, 5.74) is 5.29. The van der Waals surface area contributed by atoms with Crippen LogP contribution in [-0.4, -0.2) is 5.78 Å². The molecule has 0 radical (unpaired) electrons. The molecule has 0 aliphatic rings. The lowest BCUT2D eigenvalue weighted by Crippen LogP contribution is -1.92. The largest absolute Gasteiger partial charge is 0.289 e. The molecule has 25 heavy (non-hydrogen) atoms. The van der Waals surface area contributed by atoms with Gasteiger partial charge in [-0.25, -0.2) is 0 Å². The van der Waals surface area contributed by atoms with Crippen LogP contribution in [0.25, 0.3) is 18.2 Å². The number of hydrogen-bond donors (Lipinski definition) is 0. The summed E-state index contributed by atoms with van der Waals surface area (Å²) < 4.78 is 0. The topological polar surface area (TPSA) is 17.1 Å². The Morgan fingerprint density at radius 3 is 1.68 bits per heavy atom. The van der Waals surface area contributed by atoms with Crippen molar-refractivity contribution in [3.63, 3.8) is 0 Å². The minimum Gasteiger partial charge on any atom is -0.289 e. The van der Waals surface area contributed by atoms with Gasteiger partial charge in [-0.2, -0.15) is 0 Å². The number of hydrogen-bond acceptors (Lipinski definition) is 1. The molecule has 0 amide bonds. The normalized spacial score (nSPS) is 11.2. The Bertz CT molecular complexity index is 883. The average Bonchev–Trinajstić information content (AvgIpc) is 2.67. The molecule has 0 N–H and O–H groups in total. The third kappa shape index (κ3) is 4.89. The predicted molar refractivity (Wildman–Crippen MR) is 106 cm³/mol. The maximum absolute atomic E-state index is 12.1. The fourth-order valence-electron chi connectivity index (χ4n) is 2.46. The summed E-state index contributed by atoms with van der Waals surface area (Å²) in [4.78, 5) is 12.1. The number of allylic oxidation sites excluding steroid dienone is 1. The van der Waals surface area contributed by atoms with Crippen molar-refractivity contribution >= 4 is 24.0 Å². The summed E-state index contributed by atoms with van der Waals surface area (Å²) in [6.45, 7) is 2.09. The van der Waals surface area contributed by atoms with Crippen molar-refractivity contribution in [1.29, 1.82) is 0 Å². The van der Waals surface area contributed by atoms with Crippen molar-refractivity contribution in [2.24, 2.45) is 0 Å². The molecule has 3 rings (SSSR count). The molecule has 0 aromatic heterocycles. The highest BCUT2D eigenvalue weighted by atomic mass is 16.1. The highest BCUT2D eigenvalue weighted by molar-refractivity contribution is 6.06. The zero-order valence-corrected chi connectivity index (χ0v) is 14.2. The molecule has 1 heteroatoms. The van der Waals surface area contributed by atoms with E-state index in [-0.39, 0.29) is 5.78 Å². The maximum atomic E-state index is 12.1. The zero-order chi connectivity index (χ0) is 17.5. The van der Waals surface area contributed by atoms with Crippen LogP contribution >= 0.6 is 0 Å². The second-order valence-electron chi connectivity index (χ2n) is 5.97. The Morgan fingerprint density at radius 2 is 1.12 bits per heavy atom. The molecule has 3 aromatic rings. The number of benzene rings is 3. The molecular weight excluding hydrogens is 304 g/mol. The first kappa shape index (κ1) is 16.7. The Balaban J connectivity index is 1.65. The van der Waals surface area contributed by atoms with E-state index in [0.29, 0.717) is 5.56 Å². The van der Waals surface area contributed by atoms with E-state index in [4.69, 9.17) is 0 Å². The molecule has 3 aromatic carbocycles. The molecule has 0 fully saturated rings. The minimum absolute atomic E-state index is 0.0175. The number of carbonyl (C=O) groups excluding carboxylic acids is 1. The molecule has 0 heterocycles. The Hall–Kier alpha value is -3.19. The molecule has 122 valence electrons. The summed E-state index contributed by atoms with van der Waals surface area (Å²) in [6, 6.07) is 25.9. The van der Waals surface area contributed by atoms with Crippen LogP contribution in [0.3, 0.4) is 0 Å². The van der Waals surface area contributed by atoms with E-state index in [1.165, 1.54) is 11.1 Å². The number of carbonyl (C=O) groups is 1. The van der Waals surface area contributed by atoms with Gasteiger partial charge in [-0.15, -0.1) is 0 Å². The van der Waals surface area contributed by atoms with Crippen LogP contribution in [0.2, 0.25) is 0 Å². The van der Waals surface area contributed by atoms with E-state index < -0.39 is 0 Å². The number of aryl methyl sites for hydroxylation is 1. The highest BCUT2D eigenvalue weighted by Gasteiger charge is 1.99. The summed E-state index contributed by atoms with van der Waals surface area (Å²) in [7, 11) is 0. The van der Waals surface area contributed by atoms with Crippen LogP contribution < -0.4 is 0 Å². The van der Waals surface area contributed by atoms with Gasteiger partial charge in [-0.1, -0.05) is 103 Å². The molecule has 0 unspecified atom stereocenters. The third-order valence-corrected chi connectivity index (χ3v) is 3.97. The molecule has 0 aliphatic carbocycles. The van der Waals surface area contributed by atoms with Crippen molar-refractivity contribution in [3.05, 3.63) is 113 Å². The number of ketones is 1. The summed E-state index contributed by atoms with van der Waals surface area (Å²) in [5.74, 6) is 0.0175. The molecule has 0 aliphatic heterocycles. The third-order valence-electron chi connectivity index (χ3n) is 3.97. The Kier molecular flexibility index (Phi) is 5.38. The Labute approximate surface area is 149 Å². The first-order chi connectivity index (χ1) is 12.2. The van der Waals surface area contributed by atoms with Gasteiger partial charge in [0.2, 0.25) is 0 Å². The van der Waals surface area contributed by atoms with Gasteiger partial charge in [0.05, 0.1) is 0 Å². The van der Waals surface area contributed by atoms with Crippen LogP contribution in [0.4, 0.5) is 0 Å².